The van der Waals surface area contributed by atoms with Gasteiger partial charge in [0, 0.05) is 37.2 Å². The van der Waals surface area contributed by atoms with Gasteiger partial charge < -0.3 is 25.6 Å². The molecule has 0 bridgehead atoms. The summed E-state index contributed by atoms with van der Waals surface area (Å²) < 4.78 is 6.32. The second-order valence-corrected chi connectivity index (χ2v) is 8.86. The smallest absolute Gasteiger partial charge is 0.407 e. The lowest BCUT2D eigenvalue weighted by molar-refractivity contribution is -0.121. The Hall–Kier alpha value is -2.66. The maximum absolute atomic E-state index is 12.1. The van der Waals surface area contributed by atoms with Gasteiger partial charge in [0.25, 0.3) is 5.56 Å². The van der Waals surface area contributed by atoms with Crippen LogP contribution in [-0.2, 0) is 9.53 Å². The molecule has 0 aromatic carbocycles. The van der Waals surface area contributed by atoms with Gasteiger partial charge in [-0.1, -0.05) is 0 Å². The number of alkyl carbamates (subject to hydrolysis) is 1. The molecule has 174 valence electrons. The Morgan fingerprint density at radius 1 is 1.23 bits per heavy atom. The minimum atomic E-state index is -1.21. The Labute approximate surface area is 179 Å². The molecule has 0 aliphatic heterocycles. The number of rotatable bonds is 7. The molecule has 0 unspecified atom stereocenters. The van der Waals surface area contributed by atoms with Gasteiger partial charge in [0.1, 0.15) is 11.7 Å². The van der Waals surface area contributed by atoms with Gasteiger partial charge in [0.15, 0.2) is 0 Å². The highest BCUT2D eigenvalue weighted by Gasteiger charge is 2.42. The summed E-state index contributed by atoms with van der Waals surface area (Å²) in [5.41, 5.74) is -1.43. The molecule has 4 atom stereocenters. The zero-order valence-corrected chi connectivity index (χ0v) is 18.3. The molecule has 1 saturated carbocycles. The molecule has 11 nitrogen and oxygen atoms in total. The van der Waals surface area contributed by atoms with Crippen LogP contribution in [-0.4, -0.2) is 62.7 Å². The molecule has 1 aromatic heterocycles. The predicted molar refractivity (Wildman–Crippen MR) is 112 cm³/mol. The fourth-order valence-corrected chi connectivity index (χ4v) is 3.50. The summed E-state index contributed by atoms with van der Waals surface area (Å²) in [4.78, 5) is 49.4. The Kier molecular flexibility index (Phi) is 8.02. The van der Waals surface area contributed by atoms with E-state index in [1.54, 1.807) is 27.7 Å². The van der Waals surface area contributed by atoms with E-state index in [0.29, 0.717) is 12.0 Å². The van der Waals surface area contributed by atoms with Gasteiger partial charge in [-0.3, -0.25) is 19.1 Å². The molecule has 5 N–H and O–H groups in total. The first-order valence-corrected chi connectivity index (χ1v) is 10.3. The third kappa shape index (κ3) is 6.93. The number of hydrogen-bond donors (Lipinski definition) is 5. The van der Waals surface area contributed by atoms with Crippen molar-refractivity contribution in [2.75, 3.05) is 13.1 Å². The van der Waals surface area contributed by atoms with Crippen LogP contribution in [0.15, 0.2) is 15.8 Å². The van der Waals surface area contributed by atoms with Crippen molar-refractivity contribution in [1.29, 1.82) is 0 Å². The van der Waals surface area contributed by atoms with Crippen LogP contribution in [0.5, 0.6) is 0 Å². The van der Waals surface area contributed by atoms with Crippen molar-refractivity contribution in [3.8, 4) is 0 Å². The molecule has 2 amide bonds. The normalized spacial score (nSPS) is 23.4. The lowest BCUT2D eigenvalue weighted by atomic mass is 10.1. The van der Waals surface area contributed by atoms with Crippen molar-refractivity contribution in [1.82, 2.24) is 20.2 Å². The Morgan fingerprint density at radius 2 is 1.90 bits per heavy atom. The quantitative estimate of drug-likeness (QED) is 0.359. The van der Waals surface area contributed by atoms with E-state index in [2.05, 4.69) is 15.6 Å². The number of aliphatic hydroxyl groups is 2. The maximum atomic E-state index is 12.1. The maximum Gasteiger partial charge on any atom is 0.407 e. The fraction of sp³-hybridized carbons (Fsp3) is 0.700. The number of aromatic amines is 1. The highest BCUT2D eigenvalue weighted by molar-refractivity contribution is 5.76. The topological polar surface area (TPSA) is 163 Å². The summed E-state index contributed by atoms with van der Waals surface area (Å²) in [6.07, 6.45) is -0.677. The van der Waals surface area contributed by atoms with Crippen LogP contribution in [0.2, 0.25) is 0 Å². The molecule has 0 radical (unpaired) electrons. The molecular weight excluding hydrogens is 408 g/mol. The zero-order valence-electron chi connectivity index (χ0n) is 18.3. The van der Waals surface area contributed by atoms with Crippen LogP contribution in [0.3, 0.4) is 0 Å². The van der Waals surface area contributed by atoms with Crippen molar-refractivity contribution >= 4 is 12.0 Å². The summed E-state index contributed by atoms with van der Waals surface area (Å²) in [6.45, 7) is 7.23. The van der Waals surface area contributed by atoms with E-state index in [9.17, 15) is 29.4 Å². The summed E-state index contributed by atoms with van der Waals surface area (Å²) in [5, 5.41) is 26.0. The number of nitrogens with zero attached hydrogens (tertiary/aromatic N) is 1. The van der Waals surface area contributed by atoms with Gasteiger partial charge in [-0.25, -0.2) is 9.59 Å². The molecule has 1 aliphatic rings. The van der Waals surface area contributed by atoms with Gasteiger partial charge in [-0.15, -0.1) is 0 Å². The average molecular weight is 440 g/mol. The average Bonchev–Trinajstić information content (AvgIpc) is 2.93. The number of carbonyl (C=O) groups is 2. The largest absolute Gasteiger partial charge is 0.444 e. The summed E-state index contributed by atoms with van der Waals surface area (Å²) >= 11 is 0. The molecule has 1 aliphatic carbocycles. The van der Waals surface area contributed by atoms with Crippen molar-refractivity contribution < 1.29 is 24.5 Å². The van der Waals surface area contributed by atoms with Crippen LogP contribution in [0.25, 0.3) is 0 Å². The Balaban J connectivity index is 1.80. The minimum absolute atomic E-state index is 0.129. The van der Waals surface area contributed by atoms with Crippen LogP contribution in [0, 0.1) is 12.8 Å². The lowest BCUT2D eigenvalue weighted by Gasteiger charge is -2.19. The van der Waals surface area contributed by atoms with E-state index in [4.69, 9.17) is 4.74 Å². The van der Waals surface area contributed by atoms with Gasteiger partial charge in [-0.05, 0) is 40.5 Å². The molecule has 1 fully saturated rings. The summed E-state index contributed by atoms with van der Waals surface area (Å²) in [5.74, 6) is -0.712. The molecule has 0 spiro atoms. The van der Waals surface area contributed by atoms with Crippen LogP contribution in [0.4, 0.5) is 4.79 Å². The third-order valence-electron chi connectivity index (χ3n) is 5.08. The van der Waals surface area contributed by atoms with Gasteiger partial charge in [0.2, 0.25) is 5.91 Å². The lowest BCUT2D eigenvalue weighted by Crippen LogP contribution is -2.38. The molecule has 0 saturated heterocycles. The first-order valence-electron chi connectivity index (χ1n) is 10.3. The van der Waals surface area contributed by atoms with Crippen molar-refractivity contribution in [2.45, 2.75) is 70.8 Å². The molecule has 1 heterocycles. The highest BCUT2D eigenvalue weighted by Crippen LogP contribution is 2.34. The number of amides is 2. The molecule has 31 heavy (non-hydrogen) atoms. The van der Waals surface area contributed by atoms with Crippen molar-refractivity contribution in [3.63, 3.8) is 0 Å². The van der Waals surface area contributed by atoms with E-state index in [0.717, 1.165) is 0 Å². The Morgan fingerprint density at radius 3 is 2.55 bits per heavy atom. The first kappa shape index (κ1) is 24.6. The first-order chi connectivity index (χ1) is 14.4. The van der Waals surface area contributed by atoms with E-state index >= 15 is 0 Å². The third-order valence-corrected chi connectivity index (χ3v) is 5.08. The number of aromatic nitrogens is 2. The molecular formula is C20H32N4O7. The highest BCUT2D eigenvalue weighted by atomic mass is 16.6. The fourth-order valence-electron chi connectivity index (χ4n) is 3.50. The van der Waals surface area contributed by atoms with Crippen LogP contribution >= 0.6 is 0 Å². The van der Waals surface area contributed by atoms with Gasteiger partial charge in [-0.2, -0.15) is 0 Å². The number of nitrogens with one attached hydrogen (secondary N) is 3. The van der Waals surface area contributed by atoms with Crippen molar-refractivity contribution in [2.24, 2.45) is 5.92 Å². The standard InChI is InChI=1S/C20H32N4O7/c1-11-10-24(18(29)23-17(11)28)13-8-12(15(26)16(13)27)9-22-14(25)6-5-7-21-19(30)31-20(2,3)4/h10,12-13,15-16,26-27H,5-9H2,1-4H3,(H,21,30)(H,22,25)(H,23,28,29)/t12-,13+,15+,16+/m0/s1. The molecule has 2 rings (SSSR count). The molecule has 11 heteroatoms. The molecule has 1 aromatic rings. The van der Waals surface area contributed by atoms with Gasteiger partial charge >= 0.3 is 11.8 Å². The Bertz CT molecular complexity index is 902. The van der Waals surface area contributed by atoms with E-state index in [1.807, 2.05) is 0 Å². The number of ether oxygens (including phenoxy) is 1. The number of H-pyrrole nitrogens is 1. The summed E-state index contributed by atoms with van der Waals surface area (Å²) in [7, 11) is 0. The number of carbonyl (C=O) groups excluding carboxylic acids is 2. The van der Waals surface area contributed by atoms with E-state index < -0.39 is 47.1 Å². The minimum Gasteiger partial charge on any atom is -0.444 e. The van der Waals surface area contributed by atoms with Crippen molar-refractivity contribution in [3.05, 3.63) is 32.6 Å². The van der Waals surface area contributed by atoms with Crippen LogP contribution < -0.4 is 21.9 Å². The van der Waals surface area contributed by atoms with Gasteiger partial charge in [0.05, 0.1) is 12.1 Å². The summed E-state index contributed by atoms with van der Waals surface area (Å²) in [6, 6.07) is -0.710. The number of hydrogen-bond acceptors (Lipinski definition) is 7. The monoisotopic (exact) mass is 440 g/mol. The van der Waals surface area contributed by atoms with Crippen LogP contribution in [0.1, 0.15) is 51.6 Å². The number of aliphatic hydroxyl groups excluding tert-OH is 2. The second kappa shape index (κ2) is 10.1. The van der Waals surface area contributed by atoms with E-state index in [-0.39, 0.29) is 31.8 Å². The SMILES string of the molecule is Cc1cn([C@@H]2C[C@@H](CNC(=O)CCCNC(=O)OC(C)(C)C)[C@@H](O)[C@@H]2O)c(=O)[nH]c1=O. The number of aryl methyl sites for hydroxylation is 1. The predicted octanol–water partition coefficient (Wildman–Crippen LogP) is -0.451. The second-order valence-electron chi connectivity index (χ2n) is 8.86. The van der Waals surface area contributed by atoms with E-state index in [1.165, 1.54) is 10.8 Å². The zero-order chi connectivity index (χ0) is 23.3.